The highest BCUT2D eigenvalue weighted by Crippen LogP contribution is 2.36. The third kappa shape index (κ3) is 3.98. The summed E-state index contributed by atoms with van der Waals surface area (Å²) < 4.78 is 11.7. The van der Waals surface area contributed by atoms with E-state index in [4.69, 9.17) is 9.47 Å². The lowest BCUT2D eigenvalue weighted by atomic mass is 9.83. The normalized spacial score (nSPS) is 33.4. The maximum absolute atomic E-state index is 6.20. The Balaban J connectivity index is 1.57. The van der Waals surface area contributed by atoms with Crippen LogP contribution in [0.5, 0.6) is 0 Å². The van der Waals surface area contributed by atoms with Crippen LogP contribution in [0.2, 0.25) is 0 Å². The smallest absolute Gasteiger partial charge is 0.0741 e. The van der Waals surface area contributed by atoms with E-state index in [-0.39, 0.29) is 5.60 Å². The van der Waals surface area contributed by atoms with E-state index in [1.807, 2.05) is 0 Å². The van der Waals surface area contributed by atoms with Crippen molar-refractivity contribution in [2.24, 2.45) is 5.92 Å². The fraction of sp³-hybridized carbons (Fsp3) is 1.00. The van der Waals surface area contributed by atoms with Crippen molar-refractivity contribution in [1.82, 2.24) is 10.2 Å². The summed E-state index contributed by atoms with van der Waals surface area (Å²) in [6.45, 7) is 9.87. The molecular formula is C17H32N2O2. The van der Waals surface area contributed by atoms with Crippen LogP contribution in [0.25, 0.3) is 0 Å². The van der Waals surface area contributed by atoms with Crippen molar-refractivity contribution >= 4 is 0 Å². The van der Waals surface area contributed by atoms with Crippen LogP contribution < -0.4 is 5.32 Å². The van der Waals surface area contributed by atoms with Gasteiger partial charge in [0.1, 0.15) is 0 Å². The predicted octanol–water partition coefficient (Wildman–Crippen LogP) is 2.04. The van der Waals surface area contributed by atoms with Crippen LogP contribution >= 0.6 is 0 Å². The fourth-order valence-electron chi connectivity index (χ4n) is 4.35. The minimum absolute atomic E-state index is 0.124. The number of nitrogens with zero attached hydrogens (tertiary/aromatic N) is 1. The molecule has 0 aromatic carbocycles. The lowest BCUT2D eigenvalue weighted by molar-refractivity contribution is -0.151. The number of nitrogens with one attached hydrogen (secondary N) is 1. The van der Waals surface area contributed by atoms with Gasteiger partial charge in [0.05, 0.1) is 5.60 Å². The second-order valence-corrected chi connectivity index (χ2v) is 7.09. The Bertz CT molecular complexity index is 306. The van der Waals surface area contributed by atoms with E-state index in [0.29, 0.717) is 6.04 Å². The number of ether oxygens (including phenoxy) is 2. The van der Waals surface area contributed by atoms with E-state index >= 15 is 0 Å². The summed E-state index contributed by atoms with van der Waals surface area (Å²) in [5, 5.41) is 3.56. The summed E-state index contributed by atoms with van der Waals surface area (Å²) >= 11 is 0. The topological polar surface area (TPSA) is 33.7 Å². The zero-order valence-corrected chi connectivity index (χ0v) is 13.6. The largest absolute Gasteiger partial charge is 0.381 e. The summed E-state index contributed by atoms with van der Waals surface area (Å²) in [7, 11) is 0. The lowest BCUT2D eigenvalue weighted by Crippen LogP contribution is -2.52. The van der Waals surface area contributed by atoms with Crippen LogP contribution in [0, 0.1) is 5.92 Å². The van der Waals surface area contributed by atoms with Gasteiger partial charge in [-0.1, -0.05) is 6.92 Å². The van der Waals surface area contributed by atoms with Crippen LogP contribution in [-0.4, -0.2) is 62.5 Å². The Labute approximate surface area is 129 Å². The molecule has 3 heterocycles. The molecule has 0 radical (unpaired) electrons. The van der Waals surface area contributed by atoms with Crippen LogP contribution in [0.3, 0.4) is 0 Å². The Kier molecular flexibility index (Phi) is 5.54. The molecule has 0 bridgehead atoms. The highest BCUT2D eigenvalue weighted by molar-refractivity contribution is 4.93. The molecule has 0 aromatic heterocycles. The van der Waals surface area contributed by atoms with Gasteiger partial charge in [0.25, 0.3) is 0 Å². The van der Waals surface area contributed by atoms with E-state index in [1.54, 1.807) is 0 Å². The molecule has 2 unspecified atom stereocenters. The number of piperidine rings is 1. The van der Waals surface area contributed by atoms with Crippen molar-refractivity contribution in [3.05, 3.63) is 0 Å². The molecule has 3 fully saturated rings. The minimum atomic E-state index is 0.124. The van der Waals surface area contributed by atoms with Crippen molar-refractivity contribution in [3.8, 4) is 0 Å². The second kappa shape index (κ2) is 7.40. The molecule has 1 spiro atoms. The molecule has 0 amide bonds. The van der Waals surface area contributed by atoms with E-state index in [2.05, 4.69) is 17.1 Å². The van der Waals surface area contributed by atoms with Gasteiger partial charge in [-0.2, -0.15) is 0 Å². The average molecular weight is 296 g/mol. The molecule has 3 saturated heterocycles. The number of rotatable bonds is 4. The maximum atomic E-state index is 6.20. The maximum Gasteiger partial charge on any atom is 0.0741 e. The van der Waals surface area contributed by atoms with Gasteiger partial charge in [-0.05, 0) is 64.1 Å². The minimum Gasteiger partial charge on any atom is -0.381 e. The van der Waals surface area contributed by atoms with Crippen LogP contribution in [0.1, 0.15) is 45.4 Å². The zero-order valence-electron chi connectivity index (χ0n) is 13.6. The molecule has 0 saturated carbocycles. The molecular weight excluding hydrogens is 264 g/mol. The third-order valence-corrected chi connectivity index (χ3v) is 5.69. The summed E-state index contributed by atoms with van der Waals surface area (Å²) in [5.74, 6) is 0.840. The molecule has 3 rings (SSSR count). The summed E-state index contributed by atoms with van der Waals surface area (Å²) in [6.07, 6.45) is 7.34. The van der Waals surface area contributed by atoms with E-state index in [1.165, 1.54) is 51.9 Å². The van der Waals surface area contributed by atoms with E-state index in [0.717, 1.165) is 38.6 Å². The molecule has 2 atom stereocenters. The van der Waals surface area contributed by atoms with Crippen LogP contribution in [-0.2, 0) is 9.47 Å². The first-order valence-electron chi connectivity index (χ1n) is 8.98. The molecule has 4 nitrogen and oxygen atoms in total. The SMILES string of the molecule is CCN(CC1CCCNC1)C1CCOC2(CCOCC2)C1. The zero-order chi connectivity index (χ0) is 14.5. The monoisotopic (exact) mass is 296 g/mol. The lowest BCUT2D eigenvalue weighted by Gasteiger charge is -2.47. The first-order chi connectivity index (χ1) is 10.3. The van der Waals surface area contributed by atoms with Crippen molar-refractivity contribution in [3.63, 3.8) is 0 Å². The molecule has 0 aliphatic carbocycles. The molecule has 21 heavy (non-hydrogen) atoms. The Morgan fingerprint density at radius 1 is 1.19 bits per heavy atom. The van der Waals surface area contributed by atoms with Crippen molar-refractivity contribution < 1.29 is 9.47 Å². The number of hydrogen-bond acceptors (Lipinski definition) is 4. The first kappa shape index (κ1) is 15.7. The van der Waals surface area contributed by atoms with Crippen molar-refractivity contribution in [2.45, 2.75) is 57.1 Å². The third-order valence-electron chi connectivity index (χ3n) is 5.69. The standard InChI is InChI=1S/C17H32N2O2/c1-2-19(14-15-4-3-8-18-13-15)16-5-9-21-17(12-16)6-10-20-11-7-17/h15-16,18H,2-14H2,1H3. The summed E-state index contributed by atoms with van der Waals surface area (Å²) in [6, 6.07) is 0.712. The Hall–Kier alpha value is -0.160. The molecule has 4 heteroatoms. The first-order valence-corrected chi connectivity index (χ1v) is 8.98. The number of hydrogen-bond donors (Lipinski definition) is 1. The highest BCUT2D eigenvalue weighted by Gasteiger charge is 2.40. The van der Waals surface area contributed by atoms with Gasteiger partial charge in [0, 0.05) is 32.4 Å². The van der Waals surface area contributed by atoms with Gasteiger partial charge in [0.2, 0.25) is 0 Å². The van der Waals surface area contributed by atoms with Gasteiger partial charge in [-0.3, -0.25) is 0 Å². The van der Waals surface area contributed by atoms with Gasteiger partial charge in [-0.25, -0.2) is 0 Å². The molecule has 1 N–H and O–H groups in total. The van der Waals surface area contributed by atoms with Crippen LogP contribution in [0.4, 0.5) is 0 Å². The van der Waals surface area contributed by atoms with E-state index < -0.39 is 0 Å². The Morgan fingerprint density at radius 2 is 2.05 bits per heavy atom. The predicted molar refractivity (Wildman–Crippen MR) is 84.6 cm³/mol. The second-order valence-electron chi connectivity index (χ2n) is 7.09. The highest BCUT2D eigenvalue weighted by atomic mass is 16.5. The quantitative estimate of drug-likeness (QED) is 0.861. The summed E-state index contributed by atoms with van der Waals surface area (Å²) in [5.41, 5.74) is 0.124. The Morgan fingerprint density at radius 3 is 2.76 bits per heavy atom. The van der Waals surface area contributed by atoms with Crippen molar-refractivity contribution in [1.29, 1.82) is 0 Å². The summed E-state index contributed by atoms with van der Waals surface area (Å²) in [4.78, 5) is 2.73. The average Bonchev–Trinajstić information content (AvgIpc) is 2.54. The van der Waals surface area contributed by atoms with E-state index in [9.17, 15) is 0 Å². The van der Waals surface area contributed by atoms with Crippen LogP contribution in [0.15, 0.2) is 0 Å². The van der Waals surface area contributed by atoms with Crippen molar-refractivity contribution in [2.75, 3.05) is 46.0 Å². The van der Waals surface area contributed by atoms with Gasteiger partial charge >= 0.3 is 0 Å². The molecule has 3 aliphatic rings. The molecule has 122 valence electrons. The fourth-order valence-corrected chi connectivity index (χ4v) is 4.35. The van der Waals surface area contributed by atoms with Gasteiger partial charge < -0.3 is 19.7 Å². The molecule has 0 aromatic rings. The van der Waals surface area contributed by atoms with Gasteiger partial charge in [-0.15, -0.1) is 0 Å². The molecule has 3 aliphatic heterocycles. The van der Waals surface area contributed by atoms with Gasteiger partial charge in [0.15, 0.2) is 0 Å².